The maximum absolute atomic E-state index is 12.3. The van der Waals surface area contributed by atoms with E-state index in [1.807, 2.05) is 56.3 Å². The molecule has 0 aliphatic heterocycles. The lowest BCUT2D eigenvalue weighted by molar-refractivity contribution is -0.139. The Hall–Kier alpha value is -4.46. The van der Waals surface area contributed by atoms with Crippen LogP contribution in [0.5, 0.6) is 5.75 Å². The average Bonchev–Trinajstić information content (AvgIpc) is 2.88. The van der Waals surface area contributed by atoms with Crippen LogP contribution >= 0.6 is 0 Å². The van der Waals surface area contributed by atoms with Crippen LogP contribution in [0.3, 0.4) is 0 Å². The van der Waals surface area contributed by atoms with Gasteiger partial charge in [0.2, 0.25) is 0 Å². The summed E-state index contributed by atoms with van der Waals surface area (Å²) >= 11 is 0. The van der Waals surface area contributed by atoms with Crippen molar-refractivity contribution < 1.29 is 19.1 Å². The molecular weight excluding hydrogens is 468 g/mol. The van der Waals surface area contributed by atoms with E-state index in [0.29, 0.717) is 17.2 Å². The van der Waals surface area contributed by atoms with Gasteiger partial charge in [-0.05, 0) is 60.2 Å². The summed E-state index contributed by atoms with van der Waals surface area (Å²) in [5.41, 5.74) is 7.77. The summed E-state index contributed by atoms with van der Waals surface area (Å²) in [4.78, 5) is 36.3. The fourth-order valence-corrected chi connectivity index (χ4v) is 3.47. The topological polar surface area (TPSA) is 109 Å². The zero-order chi connectivity index (χ0) is 26.8. The molecule has 192 valence electrons. The second-order valence-corrected chi connectivity index (χ2v) is 9.01. The third kappa shape index (κ3) is 8.61. The number of hydrazone groups is 1. The minimum atomic E-state index is -0.870. The SMILES string of the molecule is Cc1ccc(NC(=O)COc2cccc(/C=N\NC(=O)C(=O)NCc3ccc(C(C)C)cc3)c2)c(C)c1. The standard InChI is InChI=1S/C29H32N4O4/c1-19(2)24-11-9-22(10-12-24)16-30-28(35)29(36)33-31-17-23-6-5-7-25(15-23)37-18-27(34)32-26-13-8-20(3)14-21(26)4/h5-15,17,19H,16,18H2,1-4H3,(H,30,35)(H,32,34)(H,33,36)/b31-17-. The molecule has 0 bridgehead atoms. The molecule has 0 heterocycles. The van der Waals surface area contributed by atoms with Gasteiger partial charge in [-0.15, -0.1) is 0 Å². The Morgan fingerprint density at radius 1 is 0.946 bits per heavy atom. The van der Waals surface area contributed by atoms with Crippen molar-refractivity contribution in [1.82, 2.24) is 10.7 Å². The number of nitrogens with one attached hydrogen (secondary N) is 3. The van der Waals surface area contributed by atoms with E-state index in [1.165, 1.54) is 11.8 Å². The maximum atomic E-state index is 12.3. The van der Waals surface area contributed by atoms with Gasteiger partial charge in [-0.2, -0.15) is 5.10 Å². The van der Waals surface area contributed by atoms with E-state index in [4.69, 9.17) is 4.74 Å². The third-order valence-electron chi connectivity index (χ3n) is 5.57. The van der Waals surface area contributed by atoms with E-state index in [0.717, 1.165) is 22.4 Å². The fraction of sp³-hybridized carbons (Fsp3) is 0.241. The van der Waals surface area contributed by atoms with Crippen molar-refractivity contribution in [3.8, 4) is 5.75 Å². The lowest BCUT2D eigenvalue weighted by atomic mass is 10.0. The fourth-order valence-electron chi connectivity index (χ4n) is 3.47. The van der Waals surface area contributed by atoms with E-state index in [2.05, 4.69) is 35.0 Å². The first kappa shape index (κ1) is 27.1. The first-order valence-corrected chi connectivity index (χ1v) is 12.0. The molecule has 0 fully saturated rings. The number of benzene rings is 3. The molecule has 8 nitrogen and oxygen atoms in total. The van der Waals surface area contributed by atoms with Gasteiger partial charge in [-0.1, -0.05) is 67.9 Å². The summed E-state index contributed by atoms with van der Waals surface area (Å²) in [6.07, 6.45) is 1.39. The van der Waals surface area contributed by atoms with Crippen LogP contribution in [-0.2, 0) is 20.9 Å². The van der Waals surface area contributed by atoms with Crippen LogP contribution in [0.15, 0.2) is 71.8 Å². The van der Waals surface area contributed by atoms with Gasteiger partial charge in [0, 0.05) is 12.2 Å². The van der Waals surface area contributed by atoms with Gasteiger partial charge in [0.15, 0.2) is 6.61 Å². The van der Waals surface area contributed by atoms with Crippen molar-refractivity contribution in [2.24, 2.45) is 5.10 Å². The molecule has 37 heavy (non-hydrogen) atoms. The molecule has 3 aromatic rings. The third-order valence-corrected chi connectivity index (χ3v) is 5.57. The lowest BCUT2D eigenvalue weighted by Gasteiger charge is -2.10. The van der Waals surface area contributed by atoms with Crippen molar-refractivity contribution in [3.63, 3.8) is 0 Å². The normalized spacial score (nSPS) is 10.8. The molecule has 0 saturated heterocycles. The van der Waals surface area contributed by atoms with Crippen molar-refractivity contribution in [2.45, 2.75) is 40.2 Å². The molecule has 8 heteroatoms. The summed E-state index contributed by atoms with van der Waals surface area (Å²) in [6.45, 7) is 8.22. The quantitative estimate of drug-likeness (QED) is 0.232. The predicted octanol–water partition coefficient (Wildman–Crippen LogP) is 4.21. The molecule has 3 rings (SSSR count). The van der Waals surface area contributed by atoms with Crippen molar-refractivity contribution in [3.05, 3.63) is 94.5 Å². The number of carbonyl (C=O) groups is 3. The molecule has 0 unspecified atom stereocenters. The van der Waals surface area contributed by atoms with Gasteiger partial charge < -0.3 is 15.4 Å². The van der Waals surface area contributed by atoms with E-state index < -0.39 is 11.8 Å². The summed E-state index contributed by atoms with van der Waals surface area (Å²) in [6, 6.07) is 20.5. The molecule has 0 aliphatic carbocycles. The smallest absolute Gasteiger partial charge is 0.329 e. The Labute approximate surface area is 217 Å². The Kier molecular flexibility index (Phi) is 9.55. The highest BCUT2D eigenvalue weighted by Gasteiger charge is 2.12. The van der Waals surface area contributed by atoms with Crippen molar-refractivity contribution in [1.29, 1.82) is 0 Å². The van der Waals surface area contributed by atoms with Gasteiger partial charge in [0.05, 0.1) is 6.21 Å². The Morgan fingerprint density at radius 3 is 2.41 bits per heavy atom. The highest BCUT2D eigenvalue weighted by Crippen LogP contribution is 2.17. The first-order valence-electron chi connectivity index (χ1n) is 12.0. The molecule has 0 atom stereocenters. The molecular formula is C29H32N4O4. The van der Waals surface area contributed by atoms with Gasteiger partial charge in [0.25, 0.3) is 5.91 Å². The average molecular weight is 501 g/mol. The number of aryl methyl sites for hydroxylation is 2. The van der Waals surface area contributed by atoms with E-state index >= 15 is 0 Å². The molecule has 3 N–H and O–H groups in total. The first-order chi connectivity index (χ1) is 17.7. The van der Waals surface area contributed by atoms with E-state index in [9.17, 15) is 14.4 Å². The highest BCUT2D eigenvalue weighted by atomic mass is 16.5. The van der Waals surface area contributed by atoms with Crippen LogP contribution in [-0.4, -0.2) is 30.5 Å². The van der Waals surface area contributed by atoms with Crippen LogP contribution < -0.4 is 20.8 Å². The van der Waals surface area contributed by atoms with Gasteiger partial charge in [-0.3, -0.25) is 14.4 Å². The van der Waals surface area contributed by atoms with Crippen LogP contribution in [0, 0.1) is 13.8 Å². The number of anilines is 1. The van der Waals surface area contributed by atoms with Gasteiger partial charge in [0.1, 0.15) is 5.75 Å². The molecule has 0 radical (unpaired) electrons. The number of hydrogen-bond acceptors (Lipinski definition) is 5. The van der Waals surface area contributed by atoms with Gasteiger partial charge in [-0.25, -0.2) is 5.43 Å². The van der Waals surface area contributed by atoms with Crippen LogP contribution in [0.4, 0.5) is 5.69 Å². The number of rotatable bonds is 9. The summed E-state index contributed by atoms with van der Waals surface area (Å²) in [5, 5.41) is 9.24. The molecule has 3 amide bonds. The van der Waals surface area contributed by atoms with Gasteiger partial charge >= 0.3 is 11.8 Å². The van der Waals surface area contributed by atoms with E-state index in [-0.39, 0.29) is 19.1 Å². The molecule has 3 aromatic carbocycles. The predicted molar refractivity (Wildman–Crippen MR) is 145 cm³/mol. The van der Waals surface area contributed by atoms with Crippen LogP contribution in [0.25, 0.3) is 0 Å². The zero-order valence-electron chi connectivity index (χ0n) is 21.5. The van der Waals surface area contributed by atoms with Crippen LogP contribution in [0.1, 0.15) is 47.6 Å². The summed E-state index contributed by atoms with van der Waals surface area (Å²) in [5.74, 6) is -1.04. The molecule has 0 aromatic heterocycles. The van der Waals surface area contributed by atoms with E-state index in [1.54, 1.807) is 24.3 Å². The second kappa shape index (κ2) is 13.0. The van der Waals surface area contributed by atoms with Crippen molar-refractivity contribution in [2.75, 3.05) is 11.9 Å². The maximum Gasteiger partial charge on any atom is 0.329 e. The Balaban J connectivity index is 1.44. The Bertz CT molecular complexity index is 1280. The number of hydrogen-bond donors (Lipinski definition) is 3. The largest absolute Gasteiger partial charge is 0.484 e. The second-order valence-electron chi connectivity index (χ2n) is 9.01. The summed E-state index contributed by atoms with van der Waals surface area (Å²) in [7, 11) is 0. The molecule has 0 aliphatic rings. The monoisotopic (exact) mass is 500 g/mol. The number of ether oxygens (including phenoxy) is 1. The minimum Gasteiger partial charge on any atom is -0.484 e. The molecule has 0 spiro atoms. The number of carbonyl (C=O) groups excluding carboxylic acids is 3. The highest BCUT2D eigenvalue weighted by molar-refractivity contribution is 6.35. The summed E-state index contributed by atoms with van der Waals surface area (Å²) < 4.78 is 5.58. The number of nitrogens with zero attached hydrogens (tertiary/aromatic N) is 1. The van der Waals surface area contributed by atoms with Crippen LogP contribution in [0.2, 0.25) is 0 Å². The molecule has 0 saturated carbocycles. The zero-order valence-corrected chi connectivity index (χ0v) is 21.5. The number of amides is 3. The minimum absolute atomic E-state index is 0.162. The lowest BCUT2D eigenvalue weighted by Crippen LogP contribution is -2.37. The van der Waals surface area contributed by atoms with Crippen molar-refractivity contribution >= 4 is 29.6 Å². The Morgan fingerprint density at radius 2 is 1.70 bits per heavy atom.